The third kappa shape index (κ3) is 12.6. The fourth-order valence-corrected chi connectivity index (χ4v) is 5.91. The Kier molecular flexibility index (Phi) is 14.2. The van der Waals surface area contributed by atoms with Crippen molar-refractivity contribution in [3.05, 3.63) is 117 Å². The Morgan fingerprint density at radius 3 is 1.57 bits per heavy atom. The zero-order valence-corrected chi connectivity index (χ0v) is 28.8. The fraction of sp³-hybridized carbons (Fsp3) is 0.429. The summed E-state index contributed by atoms with van der Waals surface area (Å²) >= 11 is 0. The molecule has 0 aliphatic heterocycles. The van der Waals surface area contributed by atoms with Crippen LogP contribution in [-0.2, 0) is 0 Å². The smallest absolute Gasteiger partial charge is 0.0586 e. The predicted octanol–water partition coefficient (Wildman–Crippen LogP) is 10.00. The Hall–Kier alpha value is -3.56. The molecule has 2 unspecified atom stereocenters. The van der Waals surface area contributed by atoms with E-state index in [-0.39, 0.29) is 23.0 Å². The summed E-state index contributed by atoms with van der Waals surface area (Å²) in [5, 5.41) is 20.1. The monoisotopic (exact) mass is 590 g/mol. The molecule has 2 rings (SSSR count). The Labute approximate surface area is 268 Å². The summed E-state index contributed by atoms with van der Waals surface area (Å²) in [4.78, 5) is 0. The molecule has 2 atom stereocenters. The summed E-state index contributed by atoms with van der Waals surface area (Å²) in [5.74, 6) is 13.2. The summed E-state index contributed by atoms with van der Waals surface area (Å²) < 4.78 is 0. The van der Waals surface area contributed by atoms with Gasteiger partial charge in [-0.15, -0.1) is 0 Å². The van der Waals surface area contributed by atoms with Gasteiger partial charge in [0.2, 0.25) is 0 Å². The average molecular weight is 591 g/mol. The lowest BCUT2D eigenvalue weighted by Crippen LogP contribution is -2.28. The van der Waals surface area contributed by atoms with Gasteiger partial charge in [0.1, 0.15) is 0 Å². The van der Waals surface area contributed by atoms with E-state index >= 15 is 0 Å². The topological polar surface area (TPSA) is 40.5 Å². The normalized spacial score (nSPS) is 23.5. The molecule has 44 heavy (non-hydrogen) atoms. The second-order valence-electron chi connectivity index (χ2n) is 13.7. The van der Waals surface area contributed by atoms with E-state index in [9.17, 15) is 10.2 Å². The second kappa shape index (κ2) is 17.1. The molecule has 0 aromatic heterocycles. The van der Waals surface area contributed by atoms with Crippen LogP contribution in [0.25, 0.3) is 0 Å². The Morgan fingerprint density at radius 1 is 0.636 bits per heavy atom. The minimum Gasteiger partial charge on any atom is -0.393 e. The van der Waals surface area contributed by atoms with Crippen molar-refractivity contribution in [3.8, 4) is 23.7 Å². The van der Waals surface area contributed by atoms with Gasteiger partial charge in [0.15, 0.2) is 0 Å². The van der Waals surface area contributed by atoms with Crippen LogP contribution in [0.1, 0.15) is 94.9 Å². The number of hydrogen-bond donors (Lipinski definition) is 2. The number of aliphatic hydroxyl groups is 2. The van der Waals surface area contributed by atoms with Crippen LogP contribution in [0.15, 0.2) is 117 Å². The van der Waals surface area contributed by atoms with Gasteiger partial charge >= 0.3 is 0 Å². The second-order valence-corrected chi connectivity index (χ2v) is 13.7. The quantitative estimate of drug-likeness (QED) is 0.229. The third-order valence-corrected chi connectivity index (χ3v) is 8.05. The lowest BCUT2D eigenvalue weighted by molar-refractivity contribution is 0.116. The van der Waals surface area contributed by atoms with Gasteiger partial charge in [0.25, 0.3) is 0 Å². The molecule has 2 heteroatoms. The zero-order valence-electron chi connectivity index (χ0n) is 28.8. The molecule has 2 aliphatic carbocycles. The van der Waals surface area contributed by atoms with Crippen LogP contribution < -0.4 is 0 Å². The molecule has 2 aliphatic rings. The maximum Gasteiger partial charge on any atom is 0.0586 e. The van der Waals surface area contributed by atoms with Crippen LogP contribution in [0, 0.1) is 34.5 Å². The lowest BCUT2D eigenvalue weighted by atomic mass is 9.72. The minimum absolute atomic E-state index is 0.0805. The number of aliphatic hydroxyl groups excluding tert-OH is 2. The molecule has 0 heterocycles. The van der Waals surface area contributed by atoms with E-state index in [0.717, 1.165) is 59.1 Å². The third-order valence-electron chi connectivity index (χ3n) is 8.05. The minimum atomic E-state index is -0.263. The van der Waals surface area contributed by atoms with Gasteiger partial charge in [-0.2, -0.15) is 0 Å². The van der Waals surface area contributed by atoms with E-state index in [1.54, 1.807) is 0 Å². The van der Waals surface area contributed by atoms with Crippen LogP contribution in [0.2, 0.25) is 0 Å². The lowest BCUT2D eigenvalue weighted by Gasteiger charge is -2.34. The highest BCUT2D eigenvalue weighted by Crippen LogP contribution is 2.40. The van der Waals surface area contributed by atoms with Gasteiger partial charge in [-0.25, -0.2) is 0 Å². The van der Waals surface area contributed by atoms with Gasteiger partial charge in [-0.3, -0.25) is 0 Å². The van der Waals surface area contributed by atoms with Crippen molar-refractivity contribution in [3.63, 3.8) is 0 Å². The maximum absolute atomic E-state index is 10.1. The van der Waals surface area contributed by atoms with Crippen molar-refractivity contribution in [2.24, 2.45) is 10.8 Å². The van der Waals surface area contributed by atoms with Crippen LogP contribution in [0.4, 0.5) is 0 Å². The van der Waals surface area contributed by atoms with Gasteiger partial charge in [-0.1, -0.05) is 146 Å². The SMILES string of the molecule is CC(C#CC1=C(C)CC(O)CC1(C)C)=CC=CC(C)=CC=CC=C(C)C=CC=C(C)C=CC#CC1=C(C)CC(O)CC1(C)C. The van der Waals surface area contributed by atoms with E-state index < -0.39 is 0 Å². The molecule has 234 valence electrons. The summed E-state index contributed by atoms with van der Waals surface area (Å²) in [6, 6.07) is 0. The van der Waals surface area contributed by atoms with E-state index in [2.05, 4.69) is 135 Å². The van der Waals surface area contributed by atoms with Crippen molar-refractivity contribution in [2.45, 2.75) is 107 Å². The molecule has 0 aromatic rings. The number of hydrogen-bond acceptors (Lipinski definition) is 2. The molecule has 0 bridgehead atoms. The average Bonchev–Trinajstić information content (AvgIpc) is 2.88. The highest BCUT2D eigenvalue weighted by Gasteiger charge is 2.32. The highest BCUT2D eigenvalue weighted by atomic mass is 16.3. The van der Waals surface area contributed by atoms with E-state index in [1.165, 1.54) is 11.1 Å². The highest BCUT2D eigenvalue weighted by molar-refractivity contribution is 5.45. The van der Waals surface area contributed by atoms with Crippen LogP contribution in [-0.4, -0.2) is 22.4 Å². The standard InChI is InChI=1S/C42H54O2/c1-31(20-15-21-33(3)19-13-14-24-39-35(5)27-37(43)29-41(39,7)8)17-11-12-18-32(2)22-16-23-34(4)25-26-40-36(6)28-38(44)30-42(40,9)10/h11-13,15-23,37-38,43-44H,27-30H2,1-10H3. The first-order valence-corrected chi connectivity index (χ1v) is 15.8. The van der Waals surface area contributed by atoms with Crippen molar-refractivity contribution in [1.29, 1.82) is 0 Å². The zero-order chi connectivity index (χ0) is 32.9. The summed E-state index contributed by atoms with van der Waals surface area (Å²) in [6.07, 6.45) is 27.1. The summed E-state index contributed by atoms with van der Waals surface area (Å²) in [7, 11) is 0. The Balaban J connectivity index is 1.89. The van der Waals surface area contributed by atoms with Crippen molar-refractivity contribution < 1.29 is 10.2 Å². The molecule has 2 nitrogen and oxygen atoms in total. The molecule has 0 aromatic carbocycles. The van der Waals surface area contributed by atoms with Crippen molar-refractivity contribution >= 4 is 0 Å². The molecular formula is C42H54O2. The molecular weight excluding hydrogens is 536 g/mol. The van der Waals surface area contributed by atoms with Crippen LogP contribution >= 0.6 is 0 Å². The van der Waals surface area contributed by atoms with Crippen molar-refractivity contribution in [2.75, 3.05) is 0 Å². The molecule has 0 radical (unpaired) electrons. The molecule has 0 fully saturated rings. The maximum atomic E-state index is 10.1. The van der Waals surface area contributed by atoms with E-state index in [0.29, 0.717) is 0 Å². The molecule has 0 saturated heterocycles. The summed E-state index contributed by atoms with van der Waals surface area (Å²) in [6.45, 7) is 21.1. The van der Waals surface area contributed by atoms with Crippen LogP contribution in [0.5, 0.6) is 0 Å². The molecule has 0 amide bonds. The van der Waals surface area contributed by atoms with Gasteiger partial charge in [0, 0.05) is 22.0 Å². The van der Waals surface area contributed by atoms with E-state index in [4.69, 9.17) is 0 Å². The predicted molar refractivity (Wildman–Crippen MR) is 191 cm³/mol. The van der Waals surface area contributed by atoms with Gasteiger partial charge < -0.3 is 10.2 Å². The first-order chi connectivity index (χ1) is 20.6. The molecule has 0 spiro atoms. The van der Waals surface area contributed by atoms with Gasteiger partial charge in [0.05, 0.1) is 12.2 Å². The fourth-order valence-electron chi connectivity index (χ4n) is 5.91. The van der Waals surface area contributed by atoms with Crippen molar-refractivity contribution in [1.82, 2.24) is 0 Å². The first-order valence-electron chi connectivity index (χ1n) is 15.8. The first kappa shape index (κ1) is 36.6. The molecule has 2 N–H and O–H groups in total. The van der Waals surface area contributed by atoms with E-state index in [1.807, 2.05) is 31.2 Å². The number of rotatable bonds is 7. The Morgan fingerprint density at radius 2 is 1.07 bits per heavy atom. The summed E-state index contributed by atoms with van der Waals surface area (Å²) in [5.41, 5.74) is 9.03. The van der Waals surface area contributed by atoms with Crippen LogP contribution in [0.3, 0.4) is 0 Å². The largest absolute Gasteiger partial charge is 0.393 e. The van der Waals surface area contributed by atoms with Gasteiger partial charge in [-0.05, 0) is 78.9 Å². The Bertz CT molecular complexity index is 1480. The number of allylic oxidation sites excluding steroid dienone is 18. The molecule has 0 saturated carbocycles.